The average molecular weight is 316 g/mol. The number of unbranched alkanes of at least 4 members (excludes halogenated alkanes) is 2. The van der Waals surface area contributed by atoms with Gasteiger partial charge in [0, 0.05) is 19.6 Å². The molecule has 0 atom stereocenters. The van der Waals surface area contributed by atoms with Crippen molar-refractivity contribution in [3.8, 4) is 0 Å². The van der Waals surface area contributed by atoms with Crippen LogP contribution in [0.3, 0.4) is 0 Å². The fourth-order valence-electron chi connectivity index (χ4n) is 2.84. The predicted octanol–water partition coefficient (Wildman–Crippen LogP) is 3.12. The highest BCUT2D eigenvalue weighted by Gasteiger charge is 2.57. The van der Waals surface area contributed by atoms with Crippen molar-refractivity contribution in [3.05, 3.63) is 35.9 Å². The van der Waals surface area contributed by atoms with Crippen LogP contribution >= 0.6 is 0 Å². The van der Waals surface area contributed by atoms with Crippen LogP contribution in [0.4, 0.5) is 0 Å². The van der Waals surface area contributed by atoms with Gasteiger partial charge >= 0.3 is 0 Å². The summed E-state index contributed by atoms with van der Waals surface area (Å²) >= 11 is 0. The number of hydrogen-bond acceptors (Lipinski definition) is 2. The van der Waals surface area contributed by atoms with E-state index in [9.17, 15) is 9.59 Å². The van der Waals surface area contributed by atoms with E-state index in [-0.39, 0.29) is 11.8 Å². The van der Waals surface area contributed by atoms with E-state index in [2.05, 4.69) is 12.2 Å². The molecule has 1 aliphatic rings. The fraction of sp³-hybridized carbons (Fsp3) is 0.579. The van der Waals surface area contributed by atoms with Gasteiger partial charge in [0.2, 0.25) is 11.8 Å². The number of hydrogen-bond donors (Lipinski definition) is 1. The van der Waals surface area contributed by atoms with Crippen LogP contribution in [-0.2, 0) is 16.1 Å². The van der Waals surface area contributed by atoms with E-state index in [4.69, 9.17) is 0 Å². The number of benzene rings is 1. The SMILES string of the molecule is CCCCCNC(=O)C1(C(=O)N(CC)Cc2ccccc2)CC1. The van der Waals surface area contributed by atoms with Crippen molar-refractivity contribution in [2.45, 2.75) is 52.5 Å². The molecular formula is C19H28N2O2. The largest absolute Gasteiger partial charge is 0.355 e. The van der Waals surface area contributed by atoms with Crippen LogP contribution in [0.5, 0.6) is 0 Å². The highest BCUT2D eigenvalue weighted by Crippen LogP contribution is 2.47. The lowest BCUT2D eigenvalue weighted by Gasteiger charge is -2.26. The summed E-state index contributed by atoms with van der Waals surface area (Å²) in [6.07, 6.45) is 4.57. The zero-order valence-corrected chi connectivity index (χ0v) is 14.3. The Kier molecular flexibility index (Phi) is 6.20. The zero-order chi connectivity index (χ0) is 16.7. The Hall–Kier alpha value is -1.84. The van der Waals surface area contributed by atoms with Gasteiger partial charge in [0.05, 0.1) is 0 Å². The van der Waals surface area contributed by atoms with Crippen LogP contribution in [0.15, 0.2) is 30.3 Å². The number of carbonyl (C=O) groups is 2. The van der Waals surface area contributed by atoms with Gasteiger partial charge in [-0.05, 0) is 31.7 Å². The molecule has 126 valence electrons. The summed E-state index contributed by atoms with van der Waals surface area (Å²) in [7, 11) is 0. The second-order valence-electron chi connectivity index (χ2n) is 6.35. The van der Waals surface area contributed by atoms with Crippen molar-refractivity contribution >= 4 is 11.8 Å². The topological polar surface area (TPSA) is 49.4 Å². The lowest BCUT2D eigenvalue weighted by molar-refractivity contribution is -0.144. The average Bonchev–Trinajstić information content (AvgIpc) is 3.38. The molecule has 0 spiro atoms. The first-order valence-electron chi connectivity index (χ1n) is 8.75. The molecule has 23 heavy (non-hydrogen) atoms. The Morgan fingerprint density at radius 3 is 2.39 bits per heavy atom. The highest BCUT2D eigenvalue weighted by molar-refractivity contribution is 6.07. The third-order valence-electron chi connectivity index (χ3n) is 4.55. The molecule has 1 aromatic rings. The molecule has 0 unspecified atom stereocenters. The molecule has 0 saturated heterocycles. The first-order chi connectivity index (χ1) is 11.1. The fourth-order valence-corrected chi connectivity index (χ4v) is 2.84. The molecule has 2 amide bonds. The summed E-state index contributed by atoms with van der Waals surface area (Å²) < 4.78 is 0. The maximum absolute atomic E-state index is 12.9. The second kappa shape index (κ2) is 8.14. The third-order valence-corrected chi connectivity index (χ3v) is 4.55. The summed E-state index contributed by atoms with van der Waals surface area (Å²) in [5, 5.41) is 2.96. The number of nitrogens with zero attached hydrogens (tertiary/aromatic N) is 1. The van der Waals surface area contributed by atoms with Crippen molar-refractivity contribution in [2.24, 2.45) is 5.41 Å². The quantitative estimate of drug-likeness (QED) is 0.562. The van der Waals surface area contributed by atoms with Crippen LogP contribution in [0.2, 0.25) is 0 Å². The van der Waals surface area contributed by atoms with Crippen LogP contribution in [0.1, 0.15) is 51.5 Å². The summed E-state index contributed by atoms with van der Waals surface area (Å²) in [6.45, 7) is 5.97. The molecule has 0 bridgehead atoms. The lowest BCUT2D eigenvalue weighted by Crippen LogP contribution is -2.45. The minimum Gasteiger partial charge on any atom is -0.355 e. The van der Waals surface area contributed by atoms with E-state index in [0.29, 0.717) is 32.5 Å². The highest BCUT2D eigenvalue weighted by atomic mass is 16.2. The molecule has 1 N–H and O–H groups in total. The Morgan fingerprint density at radius 2 is 1.83 bits per heavy atom. The van der Waals surface area contributed by atoms with E-state index in [1.807, 2.05) is 37.3 Å². The molecule has 1 fully saturated rings. The van der Waals surface area contributed by atoms with Crippen LogP contribution in [0.25, 0.3) is 0 Å². The van der Waals surface area contributed by atoms with Gasteiger partial charge in [0.15, 0.2) is 0 Å². The van der Waals surface area contributed by atoms with Gasteiger partial charge in [0.25, 0.3) is 0 Å². The van der Waals surface area contributed by atoms with E-state index < -0.39 is 5.41 Å². The number of rotatable bonds is 9. The molecule has 2 rings (SSSR count). The van der Waals surface area contributed by atoms with Gasteiger partial charge in [-0.15, -0.1) is 0 Å². The number of carbonyl (C=O) groups excluding carboxylic acids is 2. The standard InChI is InChI=1S/C19H28N2O2/c1-3-5-9-14-20-17(22)19(12-13-19)18(23)21(4-2)15-16-10-7-6-8-11-16/h6-8,10-11H,3-5,9,12-15H2,1-2H3,(H,20,22). The van der Waals surface area contributed by atoms with E-state index in [0.717, 1.165) is 24.8 Å². The van der Waals surface area contributed by atoms with E-state index in [1.165, 1.54) is 0 Å². The molecule has 4 nitrogen and oxygen atoms in total. The van der Waals surface area contributed by atoms with Crippen LogP contribution < -0.4 is 5.32 Å². The Bertz CT molecular complexity index is 523. The summed E-state index contributed by atoms with van der Waals surface area (Å²) in [5.74, 6) is -0.0954. The van der Waals surface area contributed by atoms with Crippen molar-refractivity contribution < 1.29 is 9.59 Å². The molecule has 4 heteroatoms. The molecule has 0 heterocycles. The molecule has 1 aliphatic carbocycles. The van der Waals surface area contributed by atoms with E-state index >= 15 is 0 Å². The summed E-state index contributed by atoms with van der Waals surface area (Å²) in [4.78, 5) is 27.1. The van der Waals surface area contributed by atoms with Gasteiger partial charge in [-0.25, -0.2) is 0 Å². The molecule has 1 saturated carbocycles. The minimum absolute atomic E-state index is 0.0168. The van der Waals surface area contributed by atoms with Gasteiger partial charge in [-0.2, -0.15) is 0 Å². The van der Waals surface area contributed by atoms with Crippen molar-refractivity contribution in [1.82, 2.24) is 10.2 Å². The zero-order valence-electron chi connectivity index (χ0n) is 14.3. The minimum atomic E-state index is -0.795. The Balaban J connectivity index is 1.95. The van der Waals surface area contributed by atoms with Gasteiger partial charge < -0.3 is 10.2 Å². The van der Waals surface area contributed by atoms with Crippen molar-refractivity contribution in [1.29, 1.82) is 0 Å². The van der Waals surface area contributed by atoms with Crippen LogP contribution in [0, 0.1) is 5.41 Å². The molecule has 1 aromatic carbocycles. The smallest absolute Gasteiger partial charge is 0.238 e. The van der Waals surface area contributed by atoms with Gasteiger partial charge in [-0.3, -0.25) is 9.59 Å². The summed E-state index contributed by atoms with van der Waals surface area (Å²) in [6, 6.07) is 9.94. The Morgan fingerprint density at radius 1 is 1.13 bits per heavy atom. The normalized spacial score (nSPS) is 15.0. The van der Waals surface area contributed by atoms with Crippen molar-refractivity contribution in [2.75, 3.05) is 13.1 Å². The predicted molar refractivity (Wildman–Crippen MR) is 91.7 cm³/mol. The molecule has 0 aromatic heterocycles. The third kappa shape index (κ3) is 4.34. The monoisotopic (exact) mass is 316 g/mol. The van der Waals surface area contributed by atoms with Gasteiger partial charge in [0.1, 0.15) is 5.41 Å². The van der Waals surface area contributed by atoms with Crippen molar-refractivity contribution in [3.63, 3.8) is 0 Å². The Labute approximate surface area is 139 Å². The van der Waals surface area contributed by atoms with Gasteiger partial charge in [-0.1, -0.05) is 50.1 Å². The van der Waals surface area contributed by atoms with Crippen LogP contribution in [-0.4, -0.2) is 29.8 Å². The summed E-state index contributed by atoms with van der Waals surface area (Å²) in [5.41, 5.74) is 0.304. The molecule has 0 aliphatic heterocycles. The second-order valence-corrected chi connectivity index (χ2v) is 6.35. The maximum atomic E-state index is 12.9. The first-order valence-corrected chi connectivity index (χ1v) is 8.75. The molecule has 0 radical (unpaired) electrons. The molecular weight excluding hydrogens is 288 g/mol. The maximum Gasteiger partial charge on any atom is 0.238 e. The number of amides is 2. The van der Waals surface area contributed by atoms with E-state index in [1.54, 1.807) is 4.90 Å². The first kappa shape index (κ1) is 17.5. The lowest BCUT2D eigenvalue weighted by atomic mass is 10.0. The number of nitrogens with one attached hydrogen (secondary N) is 1.